The van der Waals surface area contributed by atoms with Gasteiger partial charge in [-0.2, -0.15) is 0 Å². The van der Waals surface area contributed by atoms with E-state index in [0.29, 0.717) is 0 Å². The molecular formula is C19H39N5O8. The second kappa shape index (κ2) is 10.8. The van der Waals surface area contributed by atoms with Gasteiger partial charge in [0, 0.05) is 31.2 Å². The van der Waals surface area contributed by atoms with E-state index in [9.17, 15) is 25.5 Å². The number of ether oxygens (including phenoxy) is 3. The van der Waals surface area contributed by atoms with Crippen molar-refractivity contribution in [1.29, 1.82) is 0 Å². The quantitative estimate of drug-likeness (QED) is 0.176. The molecule has 13 heteroatoms. The van der Waals surface area contributed by atoms with Gasteiger partial charge in [-0.1, -0.05) is 0 Å². The fourth-order valence-electron chi connectivity index (χ4n) is 4.91. The molecule has 3 fully saturated rings. The molecule has 14 atom stereocenters. The summed E-state index contributed by atoms with van der Waals surface area (Å²) in [5.41, 5.74) is 30.0. The van der Waals surface area contributed by atoms with Crippen LogP contribution < -0.4 is 28.7 Å². The Hall–Kier alpha value is -0.520. The SMILES string of the molecule is NC[C@H]1O[C@H](O[C@H]2[C@H](O)[C@@H](O[C@H]3C[C@H](CO)[C@@H](O)[C@@H](N)[C@H]3O)[C@H](N)C[C@@H]2N)[C@H](N)C[C@@H]1O. The highest BCUT2D eigenvalue weighted by atomic mass is 16.7. The highest BCUT2D eigenvalue weighted by Crippen LogP contribution is 2.32. The number of aliphatic hydroxyl groups excluding tert-OH is 5. The maximum absolute atomic E-state index is 11.0. The van der Waals surface area contributed by atoms with E-state index in [1.54, 1.807) is 0 Å². The Morgan fingerprint density at radius 2 is 1.41 bits per heavy atom. The molecule has 15 N–H and O–H groups in total. The Morgan fingerprint density at radius 1 is 0.781 bits per heavy atom. The fraction of sp³-hybridized carbons (Fsp3) is 1.00. The first-order chi connectivity index (χ1) is 15.1. The first-order valence-corrected chi connectivity index (χ1v) is 11.1. The van der Waals surface area contributed by atoms with Crippen LogP contribution >= 0.6 is 0 Å². The molecule has 188 valence electrons. The van der Waals surface area contributed by atoms with Crippen LogP contribution in [0.3, 0.4) is 0 Å². The van der Waals surface area contributed by atoms with Crippen molar-refractivity contribution in [2.45, 2.75) is 98.6 Å². The van der Waals surface area contributed by atoms with Crippen LogP contribution in [0.25, 0.3) is 0 Å². The van der Waals surface area contributed by atoms with Crippen LogP contribution in [0.4, 0.5) is 0 Å². The minimum absolute atomic E-state index is 0.0708. The largest absolute Gasteiger partial charge is 0.396 e. The van der Waals surface area contributed by atoms with Crippen LogP contribution in [-0.2, 0) is 14.2 Å². The van der Waals surface area contributed by atoms with Gasteiger partial charge < -0.3 is 68.4 Å². The van der Waals surface area contributed by atoms with E-state index >= 15 is 0 Å². The van der Waals surface area contributed by atoms with Crippen molar-refractivity contribution in [2.24, 2.45) is 34.6 Å². The Labute approximate surface area is 186 Å². The standard InChI is InChI=1S/C19H39N5O8/c20-4-12-10(26)3-9(23)19(31-12)32-18-8(22)2-7(21)17(16(18)29)30-11-1-6(5-25)14(27)13(24)15(11)28/h6-19,25-29H,1-5,20-24H2/t6-,7-,8+,9-,10+,11+,12-,13-,14-,15+,16-,17+,18-,19-/m1/s1. The smallest absolute Gasteiger partial charge is 0.173 e. The molecule has 1 aliphatic heterocycles. The van der Waals surface area contributed by atoms with E-state index in [1.165, 1.54) is 0 Å². The van der Waals surface area contributed by atoms with E-state index in [1.807, 2.05) is 0 Å². The van der Waals surface area contributed by atoms with Gasteiger partial charge in [0.05, 0.1) is 42.6 Å². The predicted octanol–water partition coefficient (Wildman–Crippen LogP) is -5.63. The highest BCUT2D eigenvalue weighted by Gasteiger charge is 2.49. The van der Waals surface area contributed by atoms with Gasteiger partial charge in [0.1, 0.15) is 18.3 Å². The van der Waals surface area contributed by atoms with Gasteiger partial charge in [-0.25, -0.2) is 0 Å². The predicted molar refractivity (Wildman–Crippen MR) is 112 cm³/mol. The molecule has 0 radical (unpaired) electrons. The second-order valence-corrected chi connectivity index (χ2v) is 9.28. The lowest BCUT2D eigenvalue weighted by Crippen LogP contribution is -2.67. The van der Waals surface area contributed by atoms with Gasteiger partial charge in [-0.3, -0.25) is 0 Å². The third-order valence-electron chi connectivity index (χ3n) is 6.94. The van der Waals surface area contributed by atoms with E-state index < -0.39 is 85.2 Å². The van der Waals surface area contributed by atoms with Crippen LogP contribution in [0.2, 0.25) is 0 Å². The van der Waals surface area contributed by atoms with Gasteiger partial charge >= 0.3 is 0 Å². The normalized spacial score (nSPS) is 52.7. The van der Waals surface area contributed by atoms with Crippen molar-refractivity contribution >= 4 is 0 Å². The molecule has 1 heterocycles. The maximum Gasteiger partial charge on any atom is 0.173 e. The summed E-state index contributed by atoms with van der Waals surface area (Å²) in [6.07, 6.45) is -8.20. The lowest BCUT2D eigenvalue weighted by Gasteiger charge is -2.48. The first-order valence-electron chi connectivity index (χ1n) is 11.1. The number of hydrogen-bond donors (Lipinski definition) is 10. The van der Waals surface area contributed by atoms with Gasteiger partial charge in [-0.05, 0) is 19.3 Å². The average molecular weight is 466 g/mol. The Bertz CT molecular complexity index is 606. The molecular weight excluding hydrogens is 426 g/mol. The highest BCUT2D eigenvalue weighted by molar-refractivity contribution is 5.02. The molecule has 0 aromatic rings. The van der Waals surface area contributed by atoms with Crippen molar-refractivity contribution in [2.75, 3.05) is 13.2 Å². The van der Waals surface area contributed by atoms with Crippen molar-refractivity contribution in [3.05, 3.63) is 0 Å². The van der Waals surface area contributed by atoms with Crippen molar-refractivity contribution < 1.29 is 39.7 Å². The van der Waals surface area contributed by atoms with E-state index in [-0.39, 0.29) is 32.4 Å². The summed E-state index contributed by atoms with van der Waals surface area (Å²) in [7, 11) is 0. The van der Waals surface area contributed by atoms with Crippen LogP contribution in [-0.4, -0.2) is 118 Å². The van der Waals surface area contributed by atoms with Crippen LogP contribution in [0.15, 0.2) is 0 Å². The molecule has 3 aliphatic rings. The molecule has 3 rings (SSSR count). The van der Waals surface area contributed by atoms with Crippen molar-refractivity contribution in [3.63, 3.8) is 0 Å². The summed E-state index contributed by atoms with van der Waals surface area (Å²) in [5, 5.41) is 51.2. The molecule has 32 heavy (non-hydrogen) atoms. The molecule has 0 amide bonds. The van der Waals surface area contributed by atoms with Crippen LogP contribution in [0, 0.1) is 5.92 Å². The fourth-order valence-corrected chi connectivity index (χ4v) is 4.91. The Balaban J connectivity index is 1.70. The molecule has 13 nitrogen and oxygen atoms in total. The summed E-state index contributed by atoms with van der Waals surface area (Å²) in [6.45, 7) is -0.260. The molecule has 0 aromatic carbocycles. The minimum atomic E-state index is -1.28. The number of aliphatic hydroxyl groups is 5. The topological polar surface area (TPSA) is 259 Å². The molecule has 2 aliphatic carbocycles. The zero-order valence-corrected chi connectivity index (χ0v) is 18.0. The molecule has 1 saturated heterocycles. The Kier molecular flexibility index (Phi) is 8.82. The van der Waals surface area contributed by atoms with Gasteiger partial charge in [0.2, 0.25) is 0 Å². The van der Waals surface area contributed by atoms with E-state index in [0.717, 1.165) is 0 Å². The second-order valence-electron chi connectivity index (χ2n) is 9.28. The zero-order chi connectivity index (χ0) is 23.7. The summed E-state index contributed by atoms with van der Waals surface area (Å²) >= 11 is 0. The van der Waals surface area contributed by atoms with Crippen LogP contribution in [0.1, 0.15) is 19.3 Å². The third kappa shape index (κ3) is 5.25. The van der Waals surface area contributed by atoms with Gasteiger partial charge in [0.15, 0.2) is 6.29 Å². The number of nitrogens with two attached hydrogens (primary N) is 5. The lowest BCUT2D eigenvalue weighted by atomic mass is 9.79. The zero-order valence-electron chi connectivity index (χ0n) is 18.0. The average Bonchev–Trinajstić information content (AvgIpc) is 2.75. The van der Waals surface area contributed by atoms with Gasteiger partial charge in [-0.15, -0.1) is 0 Å². The number of rotatable bonds is 6. The molecule has 2 saturated carbocycles. The first kappa shape index (κ1) is 26.1. The molecule has 0 spiro atoms. The maximum atomic E-state index is 11.0. The summed E-state index contributed by atoms with van der Waals surface area (Å²) in [4.78, 5) is 0. The minimum Gasteiger partial charge on any atom is -0.396 e. The van der Waals surface area contributed by atoms with E-state index in [2.05, 4.69) is 0 Å². The van der Waals surface area contributed by atoms with Crippen molar-refractivity contribution in [1.82, 2.24) is 0 Å². The number of hydrogen-bond acceptors (Lipinski definition) is 13. The molecule has 0 aromatic heterocycles. The van der Waals surface area contributed by atoms with Crippen LogP contribution in [0.5, 0.6) is 0 Å². The monoisotopic (exact) mass is 465 g/mol. The van der Waals surface area contributed by atoms with Gasteiger partial charge in [0.25, 0.3) is 0 Å². The third-order valence-corrected chi connectivity index (χ3v) is 6.94. The summed E-state index contributed by atoms with van der Waals surface area (Å²) < 4.78 is 17.6. The lowest BCUT2D eigenvalue weighted by molar-refractivity contribution is -0.275. The Morgan fingerprint density at radius 3 is 2.00 bits per heavy atom. The summed E-state index contributed by atoms with van der Waals surface area (Å²) in [5.74, 6) is -0.585. The van der Waals surface area contributed by atoms with E-state index in [4.69, 9.17) is 42.9 Å². The molecule has 0 bridgehead atoms. The summed E-state index contributed by atoms with van der Waals surface area (Å²) in [6, 6.07) is -3.00. The van der Waals surface area contributed by atoms with Crippen molar-refractivity contribution in [3.8, 4) is 0 Å². The molecule has 0 unspecified atom stereocenters.